The highest BCUT2D eigenvalue weighted by Gasteiger charge is 2.40. The van der Waals surface area contributed by atoms with Crippen molar-refractivity contribution in [2.24, 2.45) is 18.9 Å². The SMILES string of the molecule is CCCc1cc(NC(=O)[C@H]2CCO[C@@H]2C2CCN(C)CC2)n(C)n1. The van der Waals surface area contributed by atoms with Gasteiger partial charge in [-0.15, -0.1) is 0 Å². The molecule has 134 valence electrons. The van der Waals surface area contributed by atoms with E-state index in [9.17, 15) is 4.79 Å². The molecule has 0 radical (unpaired) electrons. The van der Waals surface area contributed by atoms with Crippen molar-refractivity contribution < 1.29 is 9.53 Å². The summed E-state index contributed by atoms with van der Waals surface area (Å²) in [5.74, 6) is 1.34. The van der Waals surface area contributed by atoms with E-state index >= 15 is 0 Å². The van der Waals surface area contributed by atoms with E-state index in [4.69, 9.17) is 4.74 Å². The number of aromatic nitrogens is 2. The van der Waals surface area contributed by atoms with Gasteiger partial charge in [0, 0.05) is 19.7 Å². The van der Waals surface area contributed by atoms with Gasteiger partial charge in [0.1, 0.15) is 5.82 Å². The van der Waals surface area contributed by atoms with Crippen LogP contribution in [-0.2, 0) is 23.0 Å². The Morgan fingerprint density at radius 3 is 2.79 bits per heavy atom. The van der Waals surface area contributed by atoms with Gasteiger partial charge in [0.15, 0.2) is 0 Å². The molecule has 1 N–H and O–H groups in total. The summed E-state index contributed by atoms with van der Waals surface area (Å²) in [6, 6.07) is 1.99. The molecule has 0 unspecified atom stereocenters. The van der Waals surface area contributed by atoms with E-state index in [0.29, 0.717) is 12.5 Å². The van der Waals surface area contributed by atoms with Crippen molar-refractivity contribution in [1.29, 1.82) is 0 Å². The fraction of sp³-hybridized carbons (Fsp3) is 0.778. The summed E-state index contributed by atoms with van der Waals surface area (Å²) >= 11 is 0. The average molecular weight is 334 g/mol. The largest absolute Gasteiger partial charge is 0.377 e. The van der Waals surface area contributed by atoms with E-state index in [1.54, 1.807) is 4.68 Å². The Labute approximate surface area is 144 Å². The van der Waals surface area contributed by atoms with Gasteiger partial charge >= 0.3 is 0 Å². The highest BCUT2D eigenvalue weighted by atomic mass is 16.5. The summed E-state index contributed by atoms with van der Waals surface area (Å²) in [5.41, 5.74) is 1.03. The van der Waals surface area contributed by atoms with Crippen LogP contribution in [0.25, 0.3) is 0 Å². The summed E-state index contributed by atoms with van der Waals surface area (Å²) in [6.45, 7) is 5.03. The second kappa shape index (κ2) is 7.66. The smallest absolute Gasteiger partial charge is 0.231 e. The summed E-state index contributed by atoms with van der Waals surface area (Å²) in [5, 5.41) is 7.54. The molecule has 3 rings (SSSR count). The van der Waals surface area contributed by atoms with Gasteiger partial charge in [-0.05, 0) is 51.7 Å². The Hall–Kier alpha value is -1.40. The van der Waals surface area contributed by atoms with Crippen LogP contribution >= 0.6 is 0 Å². The minimum absolute atomic E-state index is 0.0390. The number of ether oxygens (including phenoxy) is 1. The van der Waals surface area contributed by atoms with Crippen molar-refractivity contribution in [3.8, 4) is 0 Å². The molecule has 0 aliphatic carbocycles. The summed E-state index contributed by atoms with van der Waals surface area (Å²) < 4.78 is 7.74. The molecule has 2 saturated heterocycles. The van der Waals surface area contributed by atoms with E-state index in [-0.39, 0.29) is 17.9 Å². The number of amides is 1. The summed E-state index contributed by atoms with van der Waals surface area (Å²) in [4.78, 5) is 15.2. The summed E-state index contributed by atoms with van der Waals surface area (Å²) in [7, 11) is 4.04. The Morgan fingerprint density at radius 2 is 2.08 bits per heavy atom. The van der Waals surface area contributed by atoms with Crippen LogP contribution in [0.5, 0.6) is 0 Å². The van der Waals surface area contributed by atoms with Crippen molar-refractivity contribution in [2.75, 3.05) is 32.1 Å². The van der Waals surface area contributed by atoms with Gasteiger partial charge in [-0.3, -0.25) is 9.48 Å². The molecule has 0 aromatic carbocycles. The third kappa shape index (κ3) is 3.81. The van der Waals surface area contributed by atoms with Crippen LogP contribution in [0.4, 0.5) is 5.82 Å². The molecular formula is C18H30N4O2. The first-order valence-electron chi connectivity index (χ1n) is 9.22. The molecule has 6 nitrogen and oxygen atoms in total. The van der Waals surface area contributed by atoms with Gasteiger partial charge in [-0.1, -0.05) is 13.3 Å². The molecule has 0 spiro atoms. The van der Waals surface area contributed by atoms with Gasteiger partial charge < -0.3 is 15.0 Å². The molecule has 2 atom stereocenters. The number of carbonyl (C=O) groups excluding carboxylic acids is 1. The number of anilines is 1. The first kappa shape index (κ1) is 17.4. The van der Waals surface area contributed by atoms with Crippen molar-refractivity contribution >= 4 is 11.7 Å². The second-order valence-corrected chi connectivity index (χ2v) is 7.26. The number of carbonyl (C=O) groups is 1. The van der Waals surface area contributed by atoms with Crippen molar-refractivity contribution in [3.63, 3.8) is 0 Å². The van der Waals surface area contributed by atoms with Crippen LogP contribution in [-0.4, -0.2) is 53.4 Å². The number of aryl methyl sites for hydroxylation is 2. The second-order valence-electron chi connectivity index (χ2n) is 7.26. The zero-order valence-electron chi connectivity index (χ0n) is 15.1. The van der Waals surface area contributed by atoms with E-state index < -0.39 is 0 Å². The molecule has 6 heteroatoms. The Kier molecular flexibility index (Phi) is 5.56. The third-order valence-electron chi connectivity index (χ3n) is 5.39. The van der Waals surface area contributed by atoms with Gasteiger partial charge in [0.25, 0.3) is 0 Å². The Bertz CT molecular complexity index is 563. The molecule has 2 aliphatic rings. The fourth-order valence-corrected chi connectivity index (χ4v) is 3.95. The van der Waals surface area contributed by atoms with Crippen LogP contribution in [0.2, 0.25) is 0 Å². The van der Waals surface area contributed by atoms with Gasteiger partial charge in [-0.25, -0.2) is 0 Å². The zero-order chi connectivity index (χ0) is 17.1. The van der Waals surface area contributed by atoms with Crippen LogP contribution in [0.15, 0.2) is 6.07 Å². The molecule has 24 heavy (non-hydrogen) atoms. The van der Waals surface area contributed by atoms with Crippen LogP contribution in [0, 0.1) is 11.8 Å². The van der Waals surface area contributed by atoms with E-state index in [1.807, 2.05) is 13.1 Å². The normalized spacial score (nSPS) is 26.0. The monoisotopic (exact) mass is 334 g/mol. The number of rotatable bonds is 5. The molecule has 2 fully saturated rings. The lowest BCUT2D eigenvalue weighted by Gasteiger charge is -2.34. The topological polar surface area (TPSA) is 59.4 Å². The van der Waals surface area contributed by atoms with Gasteiger partial charge in [0.2, 0.25) is 5.91 Å². The quantitative estimate of drug-likeness (QED) is 0.895. The molecule has 3 heterocycles. The molecule has 2 aliphatic heterocycles. The number of piperidine rings is 1. The van der Waals surface area contributed by atoms with Crippen molar-refractivity contribution in [2.45, 2.75) is 45.1 Å². The van der Waals surface area contributed by atoms with Crippen molar-refractivity contribution in [1.82, 2.24) is 14.7 Å². The van der Waals surface area contributed by atoms with Crippen LogP contribution in [0.3, 0.4) is 0 Å². The lowest BCUT2D eigenvalue weighted by atomic mass is 9.84. The molecule has 0 saturated carbocycles. The average Bonchev–Trinajstić information content (AvgIpc) is 3.16. The molecule has 1 aromatic rings. The maximum absolute atomic E-state index is 12.8. The first-order chi connectivity index (χ1) is 11.6. The zero-order valence-corrected chi connectivity index (χ0v) is 15.1. The standard InChI is InChI=1S/C18H30N4O2/c1-4-5-14-12-16(22(3)20-14)19-18(23)15-8-11-24-17(15)13-6-9-21(2)10-7-13/h12-13,15,17H,4-11H2,1-3H3,(H,19,23)/t15-,17+/m0/s1. The van der Waals surface area contributed by atoms with Gasteiger partial charge in [0.05, 0.1) is 17.7 Å². The Balaban J connectivity index is 1.63. The number of nitrogens with zero attached hydrogens (tertiary/aromatic N) is 3. The number of hydrogen-bond acceptors (Lipinski definition) is 4. The highest BCUT2D eigenvalue weighted by molar-refractivity contribution is 5.92. The highest BCUT2D eigenvalue weighted by Crippen LogP contribution is 2.33. The summed E-state index contributed by atoms with van der Waals surface area (Å²) in [6.07, 6.45) is 5.13. The number of nitrogens with one attached hydrogen (secondary N) is 1. The molecular weight excluding hydrogens is 304 g/mol. The third-order valence-corrected chi connectivity index (χ3v) is 5.39. The van der Waals surface area contributed by atoms with Crippen LogP contribution in [0.1, 0.15) is 38.3 Å². The van der Waals surface area contributed by atoms with E-state index in [2.05, 4.69) is 29.3 Å². The molecule has 1 amide bonds. The van der Waals surface area contributed by atoms with Crippen LogP contribution < -0.4 is 5.32 Å². The predicted octanol–water partition coefficient (Wildman–Crippen LogP) is 2.06. The minimum atomic E-state index is -0.0390. The maximum Gasteiger partial charge on any atom is 0.231 e. The maximum atomic E-state index is 12.8. The number of likely N-dealkylation sites (tertiary alicyclic amines) is 1. The van der Waals surface area contributed by atoms with E-state index in [1.165, 1.54) is 0 Å². The van der Waals surface area contributed by atoms with Crippen molar-refractivity contribution in [3.05, 3.63) is 11.8 Å². The number of hydrogen-bond donors (Lipinski definition) is 1. The fourth-order valence-electron chi connectivity index (χ4n) is 3.95. The molecule has 0 bridgehead atoms. The molecule has 1 aromatic heterocycles. The van der Waals surface area contributed by atoms with Gasteiger partial charge in [-0.2, -0.15) is 5.10 Å². The predicted molar refractivity (Wildman–Crippen MR) is 93.9 cm³/mol. The lowest BCUT2D eigenvalue weighted by Crippen LogP contribution is -2.40. The lowest BCUT2D eigenvalue weighted by molar-refractivity contribution is -0.123. The Morgan fingerprint density at radius 1 is 1.33 bits per heavy atom. The first-order valence-corrected chi connectivity index (χ1v) is 9.22. The minimum Gasteiger partial charge on any atom is -0.377 e. The van der Waals surface area contributed by atoms with E-state index in [0.717, 1.165) is 56.7 Å².